The van der Waals surface area contributed by atoms with Crippen LogP contribution in [0.1, 0.15) is 37.0 Å². The number of anilines is 1. The number of benzene rings is 2. The van der Waals surface area contributed by atoms with Gasteiger partial charge in [0.25, 0.3) is 5.91 Å². The van der Waals surface area contributed by atoms with Gasteiger partial charge in [0.1, 0.15) is 12.1 Å². The number of nitrogens with one attached hydrogen (secondary N) is 2. The summed E-state index contributed by atoms with van der Waals surface area (Å²) in [7, 11) is 0. The number of para-hydroxylation sites is 1. The molecule has 0 spiro atoms. The van der Waals surface area contributed by atoms with Gasteiger partial charge in [0.15, 0.2) is 0 Å². The molecule has 1 saturated heterocycles. The molecule has 0 aromatic heterocycles. The highest BCUT2D eigenvalue weighted by molar-refractivity contribution is 6.10. The lowest BCUT2D eigenvalue weighted by Crippen LogP contribution is -2.42. The van der Waals surface area contributed by atoms with Crippen LogP contribution in [0.3, 0.4) is 0 Å². The van der Waals surface area contributed by atoms with E-state index in [1.54, 1.807) is 13.0 Å². The van der Waals surface area contributed by atoms with Crippen LogP contribution in [0.4, 0.5) is 10.5 Å². The van der Waals surface area contributed by atoms with Crippen molar-refractivity contribution in [2.24, 2.45) is 0 Å². The molecule has 0 radical (unpaired) electrons. The van der Waals surface area contributed by atoms with Crippen molar-refractivity contribution in [2.75, 3.05) is 11.9 Å². The first-order chi connectivity index (χ1) is 13.3. The summed E-state index contributed by atoms with van der Waals surface area (Å²) in [6.07, 6.45) is 2.00. The van der Waals surface area contributed by atoms with Crippen molar-refractivity contribution in [1.29, 1.82) is 0 Å². The van der Waals surface area contributed by atoms with E-state index in [1.165, 1.54) is 5.56 Å². The molecule has 2 aromatic carbocycles. The average Bonchev–Trinajstić information content (AvgIpc) is 2.88. The Hall–Kier alpha value is -3.15. The SMILES string of the molecule is CCCc1ccc([C@@]2(C)NC(=O)N(CC(=O)Nc3ccccc3C)C2=O)cc1. The smallest absolute Gasteiger partial charge is 0.324 e. The highest BCUT2D eigenvalue weighted by Gasteiger charge is 2.49. The molecular weight excluding hydrogens is 354 g/mol. The lowest BCUT2D eigenvalue weighted by atomic mass is 9.91. The van der Waals surface area contributed by atoms with Crippen LogP contribution < -0.4 is 10.6 Å². The molecule has 0 unspecified atom stereocenters. The molecule has 1 fully saturated rings. The molecule has 2 N–H and O–H groups in total. The number of nitrogens with zero attached hydrogens (tertiary/aromatic N) is 1. The second-order valence-electron chi connectivity index (χ2n) is 7.26. The third-order valence-electron chi connectivity index (χ3n) is 5.07. The normalized spacial score (nSPS) is 18.9. The van der Waals surface area contributed by atoms with Crippen LogP contribution in [0, 0.1) is 6.92 Å². The van der Waals surface area contributed by atoms with Crippen molar-refractivity contribution in [3.63, 3.8) is 0 Å². The van der Waals surface area contributed by atoms with E-state index in [0.29, 0.717) is 11.3 Å². The Labute approximate surface area is 164 Å². The van der Waals surface area contributed by atoms with E-state index in [9.17, 15) is 14.4 Å². The number of hydrogen-bond acceptors (Lipinski definition) is 3. The quantitative estimate of drug-likeness (QED) is 0.756. The van der Waals surface area contributed by atoms with Gasteiger partial charge < -0.3 is 10.6 Å². The number of hydrogen-bond donors (Lipinski definition) is 2. The molecule has 4 amide bonds. The molecule has 1 heterocycles. The molecule has 0 saturated carbocycles. The van der Waals surface area contributed by atoms with Crippen LogP contribution in [-0.4, -0.2) is 29.3 Å². The van der Waals surface area contributed by atoms with Crippen LogP contribution >= 0.6 is 0 Å². The first-order valence-electron chi connectivity index (χ1n) is 9.44. The first-order valence-corrected chi connectivity index (χ1v) is 9.44. The molecule has 6 nitrogen and oxygen atoms in total. The highest BCUT2D eigenvalue weighted by Crippen LogP contribution is 2.29. The molecule has 3 rings (SSSR count). The number of amides is 4. The van der Waals surface area contributed by atoms with E-state index in [1.807, 2.05) is 49.4 Å². The second kappa shape index (κ2) is 7.84. The van der Waals surface area contributed by atoms with Gasteiger partial charge in [-0.3, -0.25) is 14.5 Å². The Morgan fingerprint density at radius 2 is 1.79 bits per heavy atom. The molecule has 1 aliphatic rings. The Balaban J connectivity index is 1.73. The molecular formula is C22H25N3O3. The van der Waals surface area contributed by atoms with E-state index in [2.05, 4.69) is 17.6 Å². The van der Waals surface area contributed by atoms with E-state index < -0.39 is 23.4 Å². The van der Waals surface area contributed by atoms with Crippen LogP contribution in [0.25, 0.3) is 0 Å². The van der Waals surface area contributed by atoms with Crippen LogP contribution in [0.2, 0.25) is 0 Å². The van der Waals surface area contributed by atoms with Gasteiger partial charge in [-0.2, -0.15) is 0 Å². The number of carbonyl (C=O) groups is 3. The van der Waals surface area contributed by atoms with Gasteiger partial charge in [-0.25, -0.2) is 4.79 Å². The summed E-state index contributed by atoms with van der Waals surface area (Å²) >= 11 is 0. The first kappa shape index (κ1) is 19.6. The number of aryl methyl sites for hydroxylation is 2. The van der Waals surface area contributed by atoms with Crippen molar-refractivity contribution in [1.82, 2.24) is 10.2 Å². The summed E-state index contributed by atoms with van der Waals surface area (Å²) < 4.78 is 0. The predicted molar refractivity (Wildman–Crippen MR) is 108 cm³/mol. The van der Waals surface area contributed by atoms with E-state index in [-0.39, 0.29) is 6.54 Å². The van der Waals surface area contributed by atoms with E-state index in [0.717, 1.165) is 23.3 Å². The summed E-state index contributed by atoms with van der Waals surface area (Å²) in [5.74, 6) is -0.846. The van der Waals surface area contributed by atoms with Crippen molar-refractivity contribution in [3.8, 4) is 0 Å². The fourth-order valence-electron chi connectivity index (χ4n) is 3.38. The summed E-state index contributed by atoms with van der Waals surface area (Å²) in [6, 6.07) is 14.4. The molecule has 1 aliphatic heterocycles. The molecule has 28 heavy (non-hydrogen) atoms. The van der Waals surface area contributed by atoms with Gasteiger partial charge in [0, 0.05) is 5.69 Å². The molecule has 1 atom stereocenters. The Morgan fingerprint density at radius 3 is 2.43 bits per heavy atom. The lowest BCUT2D eigenvalue weighted by molar-refractivity contribution is -0.133. The Kier molecular flexibility index (Phi) is 5.49. The fourth-order valence-corrected chi connectivity index (χ4v) is 3.38. The van der Waals surface area contributed by atoms with Crippen LogP contribution in [0.5, 0.6) is 0 Å². The molecule has 6 heteroatoms. The van der Waals surface area contributed by atoms with Crippen molar-refractivity contribution in [2.45, 2.75) is 39.2 Å². The standard InChI is InChI=1S/C22H25N3O3/c1-4-7-16-10-12-17(13-11-16)22(3)20(27)25(21(28)24-22)14-19(26)23-18-9-6-5-8-15(18)2/h5-6,8-13H,4,7,14H2,1-3H3,(H,23,26)(H,24,28)/t22-/m1/s1. The van der Waals surface area contributed by atoms with Crippen LogP contribution in [0.15, 0.2) is 48.5 Å². The molecule has 0 bridgehead atoms. The second-order valence-corrected chi connectivity index (χ2v) is 7.26. The van der Waals surface area contributed by atoms with Gasteiger partial charge in [-0.1, -0.05) is 55.8 Å². The maximum absolute atomic E-state index is 13.0. The van der Waals surface area contributed by atoms with Gasteiger partial charge >= 0.3 is 6.03 Å². The minimum Gasteiger partial charge on any atom is -0.324 e. The van der Waals surface area contributed by atoms with Gasteiger partial charge in [0.05, 0.1) is 0 Å². The van der Waals surface area contributed by atoms with Crippen LogP contribution in [-0.2, 0) is 21.5 Å². The number of imide groups is 1. The lowest BCUT2D eigenvalue weighted by Gasteiger charge is -2.22. The summed E-state index contributed by atoms with van der Waals surface area (Å²) in [5.41, 5.74) is 2.28. The maximum Gasteiger partial charge on any atom is 0.325 e. The molecule has 0 aliphatic carbocycles. The van der Waals surface area contributed by atoms with Crippen molar-refractivity contribution < 1.29 is 14.4 Å². The average molecular weight is 379 g/mol. The van der Waals surface area contributed by atoms with Crippen molar-refractivity contribution >= 4 is 23.5 Å². The monoisotopic (exact) mass is 379 g/mol. The largest absolute Gasteiger partial charge is 0.325 e. The summed E-state index contributed by atoms with van der Waals surface area (Å²) in [6.45, 7) is 5.32. The summed E-state index contributed by atoms with van der Waals surface area (Å²) in [4.78, 5) is 38.7. The third-order valence-corrected chi connectivity index (χ3v) is 5.07. The molecule has 146 valence electrons. The zero-order valence-corrected chi connectivity index (χ0v) is 16.4. The zero-order valence-electron chi connectivity index (χ0n) is 16.4. The third kappa shape index (κ3) is 3.76. The van der Waals surface area contributed by atoms with Gasteiger partial charge in [-0.15, -0.1) is 0 Å². The zero-order chi connectivity index (χ0) is 20.3. The molecule has 2 aromatic rings. The van der Waals surface area contributed by atoms with Gasteiger partial charge in [0.2, 0.25) is 5.91 Å². The predicted octanol–water partition coefficient (Wildman–Crippen LogP) is 3.35. The van der Waals surface area contributed by atoms with Gasteiger partial charge in [-0.05, 0) is 43.0 Å². The number of urea groups is 1. The Morgan fingerprint density at radius 1 is 1.11 bits per heavy atom. The number of rotatable bonds is 6. The van der Waals surface area contributed by atoms with Crippen molar-refractivity contribution in [3.05, 3.63) is 65.2 Å². The topological polar surface area (TPSA) is 78.5 Å². The minimum atomic E-state index is -1.18. The Bertz CT molecular complexity index is 907. The maximum atomic E-state index is 13.0. The van der Waals surface area contributed by atoms with E-state index in [4.69, 9.17) is 0 Å². The number of carbonyl (C=O) groups excluding carboxylic acids is 3. The minimum absolute atomic E-state index is 0.331. The summed E-state index contributed by atoms with van der Waals surface area (Å²) in [5, 5.41) is 5.49. The fraction of sp³-hybridized carbons (Fsp3) is 0.318. The van der Waals surface area contributed by atoms with E-state index >= 15 is 0 Å². The highest BCUT2D eigenvalue weighted by atomic mass is 16.2.